The molecule has 1 saturated carbocycles. The molecule has 3 rings (SSSR count). The Morgan fingerprint density at radius 1 is 1.12 bits per heavy atom. The first-order chi connectivity index (χ1) is 11.5. The number of anilines is 1. The first-order valence-electron chi connectivity index (χ1n) is 8.78. The van der Waals surface area contributed by atoms with Crippen molar-refractivity contribution in [3.63, 3.8) is 0 Å². The summed E-state index contributed by atoms with van der Waals surface area (Å²) in [5.74, 6) is 1.60. The van der Waals surface area contributed by atoms with Gasteiger partial charge in [0.05, 0.1) is 25.3 Å². The first kappa shape index (κ1) is 17.0. The molecule has 1 saturated heterocycles. The summed E-state index contributed by atoms with van der Waals surface area (Å²) >= 11 is 0. The highest BCUT2D eigenvalue weighted by molar-refractivity contribution is 6.22. The Morgan fingerprint density at radius 2 is 1.83 bits per heavy atom. The van der Waals surface area contributed by atoms with Gasteiger partial charge in [-0.25, -0.2) is 4.90 Å². The molecule has 0 radical (unpaired) electrons. The van der Waals surface area contributed by atoms with Crippen LogP contribution in [0.1, 0.15) is 39.5 Å². The minimum Gasteiger partial charge on any atom is -0.497 e. The second kappa shape index (κ2) is 6.93. The van der Waals surface area contributed by atoms with Gasteiger partial charge in [0.2, 0.25) is 5.91 Å². The molecule has 0 aromatic heterocycles. The largest absolute Gasteiger partial charge is 0.497 e. The van der Waals surface area contributed by atoms with Crippen molar-refractivity contribution in [3.8, 4) is 5.75 Å². The number of imide groups is 1. The number of benzene rings is 1. The average Bonchev–Trinajstić information content (AvgIpc) is 2.86. The molecule has 1 aromatic carbocycles. The van der Waals surface area contributed by atoms with Crippen LogP contribution in [0.5, 0.6) is 5.75 Å². The zero-order chi connectivity index (χ0) is 17.3. The highest BCUT2D eigenvalue weighted by Gasteiger charge is 2.41. The van der Waals surface area contributed by atoms with Crippen molar-refractivity contribution in [2.75, 3.05) is 12.0 Å². The van der Waals surface area contributed by atoms with Crippen LogP contribution in [-0.2, 0) is 9.59 Å². The van der Waals surface area contributed by atoms with Crippen LogP contribution in [-0.4, -0.2) is 31.0 Å². The second-order valence-electron chi connectivity index (χ2n) is 7.06. The fraction of sp³-hybridized carbons (Fsp3) is 0.579. The van der Waals surface area contributed by atoms with Crippen molar-refractivity contribution in [1.29, 1.82) is 0 Å². The number of hydrogen-bond donors (Lipinski definition) is 1. The Bertz CT molecular complexity index is 614. The highest BCUT2D eigenvalue weighted by Crippen LogP contribution is 2.31. The van der Waals surface area contributed by atoms with Crippen LogP contribution in [0, 0.1) is 11.8 Å². The molecule has 130 valence electrons. The molecule has 1 aliphatic carbocycles. The van der Waals surface area contributed by atoms with Crippen molar-refractivity contribution in [2.45, 2.75) is 51.6 Å². The van der Waals surface area contributed by atoms with E-state index < -0.39 is 6.04 Å². The van der Waals surface area contributed by atoms with E-state index in [2.05, 4.69) is 19.2 Å². The number of ether oxygens (including phenoxy) is 1. The maximum Gasteiger partial charge on any atom is 0.251 e. The van der Waals surface area contributed by atoms with Gasteiger partial charge in [0.15, 0.2) is 0 Å². The summed E-state index contributed by atoms with van der Waals surface area (Å²) < 4.78 is 5.13. The van der Waals surface area contributed by atoms with E-state index in [0.29, 0.717) is 29.3 Å². The van der Waals surface area contributed by atoms with Crippen LogP contribution >= 0.6 is 0 Å². The molecule has 4 atom stereocenters. The van der Waals surface area contributed by atoms with Gasteiger partial charge in [0.25, 0.3) is 5.91 Å². The third kappa shape index (κ3) is 3.18. The van der Waals surface area contributed by atoms with Gasteiger partial charge >= 0.3 is 0 Å². The molecule has 0 bridgehead atoms. The van der Waals surface area contributed by atoms with E-state index >= 15 is 0 Å². The van der Waals surface area contributed by atoms with Gasteiger partial charge in [-0.05, 0) is 42.5 Å². The Labute approximate surface area is 143 Å². The summed E-state index contributed by atoms with van der Waals surface area (Å²) in [6.07, 6.45) is 3.74. The number of carbonyl (C=O) groups excluding carboxylic acids is 2. The lowest BCUT2D eigenvalue weighted by Gasteiger charge is -2.36. The fourth-order valence-corrected chi connectivity index (χ4v) is 3.84. The lowest BCUT2D eigenvalue weighted by Crippen LogP contribution is -2.48. The maximum absolute atomic E-state index is 12.7. The Hall–Kier alpha value is -1.88. The molecule has 24 heavy (non-hydrogen) atoms. The summed E-state index contributed by atoms with van der Waals surface area (Å²) in [6, 6.07) is 6.94. The fourth-order valence-electron chi connectivity index (χ4n) is 3.84. The van der Waals surface area contributed by atoms with Gasteiger partial charge in [0, 0.05) is 6.04 Å². The molecular weight excluding hydrogens is 304 g/mol. The van der Waals surface area contributed by atoms with Gasteiger partial charge in [-0.1, -0.05) is 26.7 Å². The number of nitrogens with one attached hydrogen (secondary N) is 1. The van der Waals surface area contributed by atoms with Crippen molar-refractivity contribution in [1.82, 2.24) is 5.32 Å². The molecule has 2 amide bonds. The van der Waals surface area contributed by atoms with Crippen LogP contribution < -0.4 is 15.0 Å². The normalized spacial score (nSPS) is 30.7. The van der Waals surface area contributed by atoms with Gasteiger partial charge < -0.3 is 10.1 Å². The first-order valence-corrected chi connectivity index (χ1v) is 8.78. The summed E-state index contributed by atoms with van der Waals surface area (Å²) in [4.78, 5) is 26.4. The van der Waals surface area contributed by atoms with Crippen LogP contribution in [0.25, 0.3) is 0 Å². The lowest BCUT2D eigenvalue weighted by molar-refractivity contribution is -0.121. The number of hydrogen-bond acceptors (Lipinski definition) is 4. The molecule has 1 aliphatic heterocycles. The monoisotopic (exact) mass is 330 g/mol. The lowest BCUT2D eigenvalue weighted by atomic mass is 9.78. The van der Waals surface area contributed by atoms with Gasteiger partial charge in [0.1, 0.15) is 5.75 Å². The van der Waals surface area contributed by atoms with Crippen molar-refractivity contribution < 1.29 is 14.3 Å². The zero-order valence-electron chi connectivity index (χ0n) is 14.6. The third-order valence-corrected chi connectivity index (χ3v) is 5.60. The van der Waals surface area contributed by atoms with Crippen molar-refractivity contribution in [3.05, 3.63) is 24.3 Å². The highest BCUT2D eigenvalue weighted by atomic mass is 16.5. The van der Waals surface area contributed by atoms with E-state index in [9.17, 15) is 9.59 Å². The van der Waals surface area contributed by atoms with Gasteiger partial charge in [-0.2, -0.15) is 0 Å². The number of carbonyl (C=O) groups is 2. The minimum absolute atomic E-state index is 0.140. The SMILES string of the molecule is COc1ccc(N2C(=O)C[C@@H](N[C@H]3CCC[C@@H](C)[C@@H]3C)C2=O)cc1. The molecule has 1 heterocycles. The maximum atomic E-state index is 12.7. The smallest absolute Gasteiger partial charge is 0.251 e. The van der Waals surface area contributed by atoms with Crippen molar-refractivity contribution in [2.24, 2.45) is 11.8 Å². The number of rotatable bonds is 4. The van der Waals surface area contributed by atoms with Crippen LogP contribution in [0.3, 0.4) is 0 Å². The molecule has 5 nitrogen and oxygen atoms in total. The molecule has 2 fully saturated rings. The molecular formula is C19H26N2O3. The standard InChI is InChI=1S/C19H26N2O3/c1-12-5-4-6-16(13(12)2)20-17-11-18(22)21(19(17)23)14-7-9-15(24-3)10-8-14/h7-10,12-13,16-17,20H,4-6,11H2,1-3H3/t12-,13+,16+,17-/m1/s1. The molecule has 5 heteroatoms. The van der Waals surface area contributed by atoms with Crippen LogP contribution in [0.15, 0.2) is 24.3 Å². The number of nitrogens with zero attached hydrogens (tertiary/aromatic N) is 1. The third-order valence-electron chi connectivity index (χ3n) is 5.60. The summed E-state index contributed by atoms with van der Waals surface area (Å²) in [6.45, 7) is 4.51. The predicted octanol–water partition coefficient (Wildman–Crippen LogP) is 2.74. The topological polar surface area (TPSA) is 58.6 Å². The van der Waals surface area contributed by atoms with E-state index in [1.165, 1.54) is 17.7 Å². The summed E-state index contributed by atoms with van der Waals surface area (Å²) in [5, 5.41) is 3.46. The molecule has 0 unspecified atom stereocenters. The quantitative estimate of drug-likeness (QED) is 0.863. The number of methoxy groups -OCH3 is 1. The summed E-state index contributed by atoms with van der Waals surface area (Å²) in [5.41, 5.74) is 0.611. The van der Waals surface area contributed by atoms with E-state index in [1.54, 1.807) is 31.4 Å². The Morgan fingerprint density at radius 3 is 2.50 bits per heavy atom. The van der Waals surface area contributed by atoms with E-state index in [1.807, 2.05) is 0 Å². The van der Waals surface area contributed by atoms with Gasteiger partial charge in [-0.15, -0.1) is 0 Å². The molecule has 2 aliphatic rings. The molecule has 1 N–H and O–H groups in total. The average molecular weight is 330 g/mol. The molecule has 0 spiro atoms. The predicted molar refractivity (Wildman–Crippen MR) is 93.0 cm³/mol. The Balaban J connectivity index is 1.71. The Kier molecular flexibility index (Phi) is 4.90. The summed E-state index contributed by atoms with van der Waals surface area (Å²) in [7, 11) is 1.59. The zero-order valence-corrected chi connectivity index (χ0v) is 14.6. The second-order valence-corrected chi connectivity index (χ2v) is 7.06. The molecule has 1 aromatic rings. The van der Waals surface area contributed by atoms with E-state index in [-0.39, 0.29) is 18.2 Å². The van der Waals surface area contributed by atoms with Gasteiger partial charge in [-0.3, -0.25) is 9.59 Å². The van der Waals surface area contributed by atoms with E-state index in [0.717, 1.165) is 6.42 Å². The van der Waals surface area contributed by atoms with Crippen LogP contribution in [0.2, 0.25) is 0 Å². The van der Waals surface area contributed by atoms with E-state index in [4.69, 9.17) is 4.74 Å². The number of amides is 2. The minimum atomic E-state index is -0.405. The van der Waals surface area contributed by atoms with Crippen molar-refractivity contribution >= 4 is 17.5 Å². The van der Waals surface area contributed by atoms with Crippen LogP contribution in [0.4, 0.5) is 5.69 Å².